The van der Waals surface area contributed by atoms with Crippen molar-refractivity contribution < 1.29 is 9.90 Å². The Labute approximate surface area is 105 Å². The van der Waals surface area contributed by atoms with E-state index >= 15 is 0 Å². The summed E-state index contributed by atoms with van der Waals surface area (Å²) in [5.74, 6) is -1.10. The molecular weight excluding hydrogens is 286 g/mol. The van der Waals surface area contributed by atoms with Gasteiger partial charge in [-0.25, -0.2) is 4.79 Å². The molecule has 0 aliphatic heterocycles. The quantitative estimate of drug-likeness (QED) is 0.894. The summed E-state index contributed by atoms with van der Waals surface area (Å²) in [6.45, 7) is 1.95. The maximum Gasteiger partial charge on any atom is 0.336 e. The summed E-state index contributed by atoms with van der Waals surface area (Å²) in [5, 5.41) is 9.64. The average Bonchev–Trinajstić information content (AvgIpc) is 2.27. The largest absolute Gasteiger partial charge is 0.478 e. The predicted molar refractivity (Wildman–Crippen MR) is 68.6 cm³/mol. The molecule has 5 heteroatoms. The topological polar surface area (TPSA) is 70.2 Å². The lowest BCUT2D eigenvalue weighted by atomic mass is 10.0. The number of carbonyl (C=O) groups is 1. The second-order valence-corrected chi connectivity index (χ2v) is 4.61. The molecule has 17 heavy (non-hydrogen) atoms. The molecule has 0 saturated carbocycles. The Morgan fingerprint density at radius 2 is 2.12 bits per heavy atom. The van der Waals surface area contributed by atoms with E-state index < -0.39 is 11.5 Å². The smallest absolute Gasteiger partial charge is 0.336 e. The predicted octanol–water partition coefficient (Wildman–Crippen LogP) is 2.55. The molecule has 1 aromatic heterocycles. The first-order valence-electron chi connectivity index (χ1n) is 5.11. The molecule has 2 rings (SSSR count). The van der Waals surface area contributed by atoms with Gasteiger partial charge >= 0.3 is 5.97 Å². The number of halogens is 1. The van der Waals surface area contributed by atoms with Crippen LogP contribution in [0.15, 0.2) is 27.5 Å². The van der Waals surface area contributed by atoms with Crippen molar-refractivity contribution >= 4 is 32.8 Å². The molecule has 1 aromatic carbocycles. The fourth-order valence-electron chi connectivity index (χ4n) is 1.85. The van der Waals surface area contributed by atoms with Gasteiger partial charge in [-0.2, -0.15) is 0 Å². The van der Waals surface area contributed by atoms with Gasteiger partial charge in [0.2, 0.25) is 5.56 Å². The van der Waals surface area contributed by atoms with Crippen molar-refractivity contribution in [3.8, 4) is 0 Å². The standard InChI is InChI=1S/C12H10BrNO3/c1-2-6-3-7(13)4-8-9(12(16)17)5-10(15)14-11(6)8/h3-5H,2H2,1H3,(H,14,15)(H,16,17). The first-order chi connectivity index (χ1) is 8.02. The summed E-state index contributed by atoms with van der Waals surface area (Å²) in [7, 11) is 0. The highest BCUT2D eigenvalue weighted by Crippen LogP contribution is 2.25. The molecule has 0 bridgehead atoms. The van der Waals surface area contributed by atoms with Gasteiger partial charge in [-0.05, 0) is 24.1 Å². The fraction of sp³-hybridized carbons (Fsp3) is 0.167. The second-order valence-electron chi connectivity index (χ2n) is 3.69. The van der Waals surface area contributed by atoms with Gasteiger partial charge in [-0.15, -0.1) is 0 Å². The Bertz CT molecular complexity index is 661. The third-order valence-electron chi connectivity index (χ3n) is 2.61. The lowest BCUT2D eigenvalue weighted by molar-refractivity contribution is 0.0699. The molecule has 2 aromatic rings. The van der Waals surface area contributed by atoms with Crippen molar-refractivity contribution in [1.82, 2.24) is 4.98 Å². The number of aromatic nitrogens is 1. The van der Waals surface area contributed by atoms with E-state index in [9.17, 15) is 9.59 Å². The summed E-state index contributed by atoms with van der Waals surface area (Å²) >= 11 is 3.34. The number of hydrogen-bond acceptors (Lipinski definition) is 2. The Morgan fingerprint density at radius 1 is 1.41 bits per heavy atom. The van der Waals surface area contributed by atoms with Crippen LogP contribution in [0.2, 0.25) is 0 Å². The molecule has 4 nitrogen and oxygen atoms in total. The zero-order chi connectivity index (χ0) is 12.6. The lowest BCUT2D eigenvalue weighted by Crippen LogP contribution is -2.11. The number of rotatable bonds is 2. The molecule has 0 unspecified atom stereocenters. The van der Waals surface area contributed by atoms with Crippen molar-refractivity contribution in [2.75, 3.05) is 0 Å². The van der Waals surface area contributed by atoms with Gasteiger partial charge < -0.3 is 10.1 Å². The van der Waals surface area contributed by atoms with Crippen LogP contribution in [0.4, 0.5) is 0 Å². The number of fused-ring (bicyclic) bond motifs is 1. The van der Waals surface area contributed by atoms with Crippen LogP contribution < -0.4 is 5.56 Å². The summed E-state index contributed by atoms with van der Waals surface area (Å²) in [5.41, 5.74) is 1.14. The van der Waals surface area contributed by atoms with Crippen molar-refractivity contribution in [3.63, 3.8) is 0 Å². The van der Waals surface area contributed by atoms with Gasteiger partial charge in [-0.3, -0.25) is 4.79 Å². The summed E-state index contributed by atoms with van der Waals surface area (Å²) < 4.78 is 0.802. The van der Waals surface area contributed by atoms with Gasteiger partial charge in [-0.1, -0.05) is 22.9 Å². The van der Waals surface area contributed by atoms with E-state index in [1.807, 2.05) is 13.0 Å². The van der Waals surface area contributed by atoms with Crippen LogP contribution in [0.5, 0.6) is 0 Å². The molecule has 0 atom stereocenters. The molecule has 0 aliphatic rings. The van der Waals surface area contributed by atoms with Crippen LogP contribution in [-0.2, 0) is 6.42 Å². The number of pyridine rings is 1. The highest BCUT2D eigenvalue weighted by atomic mass is 79.9. The van der Waals surface area contributed by atoms with Crippen molar-refractivity contribution in [2.24, 2.45) is 0 Å². The molecular formula is C12H10BrNO3. The summed E-state index contributed by atoms with van der Waals surface area (Å²) in [6, 6.07) is 4.69. The lowest BCUT2D eigenvalue weighted by Gasteiger charge is -2.07. The van der Waals surface area contributed by atoms with E-state index in [1.165, 1.54) is 0 Å². The number of H-pyrrole nitrogens is 1. The molecule has 88 valence electrons. The van der Waals surface area contributed by atoms with Crippen molar-refractivity contribution in [3.05, 3.63) is 44.2 Å². The molecule has 0 aliphatic carbocycles. The van der Waals surface area contributed by atoms with Crippen molar-refractivity contribution in [1.29, 1.82) is 0 Å². The number of aromatic amines is 1. The van der Waals surface area contributed by atoms with Gasteiger partial charge in [0, 0.05) is 15.9 Å². The first kappa shape index (κ1) is 11.9. The highest BCUT2D eigenvalue weighted by molar-refractivity contribution is 9.10. The Balaban J connectivity index is 2.98. The van der Waals surface area contributed by atoms with E-state index in [0.29, 0.717) is 10.9 Å². The maximum absolute atomic E-state index is 11.4. The fourth-order valence-corrected chi connectivity index (χ4v) is 2.35. The number of benzene rings is 1. The Morgan fingerprint density at radius 3 is 2.71 bits per heavy atom. The van der Waals surface area contributed by atoms with Crippen LogP contribution in [0, 0.1) is 0 Å². The van der Waals surface area contributed by atoms with Crippen LogP contribution in [0.25, 0.3) is 10.9 Å². The Hall–Kier alpha value is -1.62. The second kappa shape index (κ2) is 4.33. The van der Waals surface area contributed by atoms with E-state index in [1.54, 1.807) is 6.07 Å². The molecule has 0 radical (unpaired) electrons. The maximum atomic E-state index is 11.4. The SMILES string of the molecule is CCc1cc(Br)cc2c(C(=O)O)cc(=O)[nH]c12. The van der Waals surface area contributed by atoms with Crippen molar-refractivity contribution in [2.45, 2.75) is 13.3 Å². The van der Waals surface area contributed by atoms with Gasteiger partial charge in [0.1, 0.15) is 0 Å². The number of carboxylic acids is 1. The number of nitrogens with one attached hydrogen (secondary N) is 1. The van der Waals surface area contributed by atoms with Crippen LogP contribution in [0.3, 0.4) is 0 Å². The van der Waals surface area contributed by atoms with E-state index in [4.69, 9.17) is 5.11 Å². The zero-order valence-corrected chi connectivity index (χ0v) is 10.7. The molecule has 0 saturated heterocycles. The van der Waals surface area contributed by atoms with Gasteiger partial charge in [0.25, 0.3) is 0 Å². The number of aromatic carboxylic acids is 1. The first-order valence-corrected chi connectivity index (χ1v) is 5.91. The van der Waals surface area contributed by atoms with E-state index in [-0.39, 0.29) is 5.56 Å². The third-order valence-corrected chi connectivity index (χ3v) is 3.07. The minimum Gasteiger partial charge on any atom is -0.478 e. The molecule has 1 heterocycles. The third kappa shape index (κ3) is 2.10. The summed E-state index contributed by atoms with van der Waals surface area (Å²) in [4.78, 5) is 25.2. The van der Waals surface area contributed by atoms with E-state index in [2.05, 4.69) is 20.9 Å². The monoisotopic (exact) mass is 295 g/mol. The number of hydrogen-bond donors (Lipinski definition) is 2. The summed E-state index contributed by atoms with van der Waals surface area (Å²) in [6.07, 6.45) is 0.717. The number of carboxylic acid groups (broad SMARTS) is 1. The van der Waals surface area contributed by atoms with E-state index in [0.717, 1.165) is 22.5 Å². The zero-order valence-electron chi connectivity index (χ0n) is 9.08. The van der Waals surface area contributed by atoms with Gasteiger partial charge in [0.15, 0.2) is 0 Å². The average molecular weight is 296 g/mol. The Kier molecular flexibility index (Phi) is 3.02. The molecule has 0 spiro atoms. The normalized spacial score (nSPS) is 10.7. The van der Waals surface area contributed by atoms with Gasteiger partial charge in [0.05, 0.1) is 11.1 Å². The molecule has 0 amide bonds. The minimum absolute atomic E-state index is 0.0275. The number of aryl methyl sites for hydroxylation is 1. The highest BCUT2D eigenvalue weighted by Gasteiger charge is 2.13. The molecule has 0 fully saturated rings. The van der Waals surface area contributed by atoms with Crippen LogP contribution in [-0.4, -0.2) is 16.1 Å². The minimum atomic E-state index is -1.10. The molecule has 2 N–H and O–H groups in total. The van der Waals surface area contributed by atoms with Crippen LogP contribution >= 0.6 is 15.9 Å². The van der Waals surface area contributed by atoms with Crippen LogP contribution in [0.1, 0.15) is 22.8 Å².